The molecule has 0 heterocycles. The van der Waals surface area contributed by atoms with Gasteiger partial charge in [0.15, 0.2) is 0 Å². The van der Waals surface area contributed by atoms with Crippen molar-refractivity contribution in [3.8, 4) is 11.5 Å². The summed E-state index contributed by atoms with van der Waals surface area (Å²) in [6, 6.07) is 13.4. The maximum absolute atomic E-state index is 12.0. The van der Waals surface area contributed by atoms with E-state index < -0.39 is 33.0 Å². The fraction of sp³-hybridized carbons (Fsp3) is 0. The van der Waals surface area contributed by atoms with E-state index in [4.69, 9.17) is 27.9 Å². The molecule has 35 heavy (non-hydrogen) atoms. The molecule has 0 atom stereocenters. The van der Waals surface area contributed by atoms with Gasteiger partial charge in [0.2, 0.25) is 5.75 Å². The molecular weight excluding hydrogens is 505 g/mol. The zero-order valence-electron chi connectivity index (χ0n) is 17.3. The Morgan fingerprint density at radius 1 is 0.943 bits per heavy atom. The first-order valence-electron chi connectivity index (χ1n) is 9.44. The lowest BCUT2D eigenvalue weighted by Crippen LogP contribution is -2.32. The number of nitro benzene ring substituents is 2. The van der Waals surface area contributed by atoms with Crippen molar-refractivity contribution in [1.29, 1.82) is 0 Å². The third-order valence-electron chi connectivity index (χ3n) is 4.20. The van der Waals surface area contributed by atoms with Crippen molar-refractivity contribution in [2.75, 3.05) is 5.32 Å². The minimum absolute atomic E-state index is 0.147. The van der Waals surface area contributed by atoms with Crippen LogP contribution in [0.15, 0.2) is 65.8 Å². The Balaban J connectivity index is 1.66. The number of amides is 2. The fourth-order valence-electron chi connectivity index (χ4n) is 2.62. The van der Waals surface area contributed by atoms with Crippen LogP contribution in [0.5, 0.6) is 11.5 Å². The van der Waals surface area contributed by atoms with E-state index in [-0.39, 0.29) is 22.2 Å². The van der Waals surface area contributed by atoms with E-state index in [0.717, 1.165) is 18.2 Å². The SMILES string of the molecule is O=C(N/N=C/c1cccc(Oc2ccc([N+](=O)[O-])cc2[N+](=O)[O-])c1)C(=O)Nc1cc(Cl)ccc1Cl. The zero-order valence-corrected chi connectivity index (χ0v) is 18.8. The van der Waals surface area contributed by atoms with Gasteiger partial charge in [0, 0.05) is 11.1 Å². The number of halogens is 2. The molecule has 3 rings (SSSR count). The lowest BCUT2D eigenvalue weighted by atomic mass is 10.2. The second kappa shape index (κ2) is 11.0. The summed E-state index contributed by atoms with van der Waals surface area (Å²) in [6.07, 6.45) is 1.20. The van der Waals surface area contributed by atoms with Gasteiger partial charge in [0.25, 0.3) is 5.69 Å². The third-order valence-corrected chi connectivity index (χ3v) is 4.76. The van der Waals surface area contributed by atoms with Crippen molar-refractivity contribution < 1.29 is 24.2 Å². The van der Waals surface area contributed by atoms with Crippen LogP contribution in [0.2, 0.25) is 10.0 Å². The highest BCUT2D eigenvalue weighted by Gasteiger charge is 2.21. The van der Waals surface area contributed by atoms with E-state index in [2.05, 4.69) is 10.4 Å². The average molecular weight is 518 g/mol. The number of anilines is 1. The van der Waals surface area contributed by atoms with Crippen LogP contribution >= 0.6 is 23.2 Å². The van der Waals surface area contributed by atoms with E-state index in [1.165, 1.54) is 36.5 Å². The highest BCUT2D eigenvalue weighted by Crippen LogP contribution is 2.34. The van der Waals surface area contributed by atoms with Crippen molar-refractivity contribution in [1.82, 2.24) is 5.43 Å². The molecule has 3 aromatic carbocycles. The Bertz CT molecular complexity index is 1360. The first kappa shape index (κ1) is 25.1. The molecule has 0 aliphatic rings. The van der Waals surface area contributed by atoms with Gasteiger partial charge in [0.1, 0.15) is 5.75 Å². The smallest absolute Gasteiger partial charge is 0.329 e. The summed E-state index contributed by atoms with van der Waals surface area (Å²) in [5.74, 6) is -2.16. The Morgan fingerprint density at radius 3 is 2.43 bits per heavy atom. The van der Waals surface area contributed by atoms with Crippen LogP contribution in [-0.2, 0) is 9.59 Å². The number of benzene rings is 3. The second-order valence-electron chi connectivity index (χ2n) is 6.62. The molecule has 3 aromatic rings. The van der Waals surface area contributed by atoms with Crippen molar-refractivity contribution in [3.63, 3.8) is 0 Å². The van der Waals surface area contributed by atoms with Crippen LogP contribution in [0.1, 0.15) is 5.56 Å². The van der Waals surface area contributed by atoms with Crippen molar-refractivity contribution in [2.24, 2.45) is 5.10 Å². The molecule has 2 amide bonds. The molecule has 0 fully saturated rings. The van der Waals surface area contributed by atoms with Crippen molar-refractivity contribution in [2.45, 2.75) is 0 Å². The molecule has 0 unspecified atom stereocenters. The van der Waals surface area contributed by atoms with Gasteiger partial charge >= 0.3 is 17.5 Å². The molecule has 0 aromatic heterocycles. The number of nitro groups is 2. The summed E-state index contributed by atoms with van der Waals surface area (Å²) in [4.78, 5) is 44.5. The number of nitrogens with one attached hydrogen (secondary N) is 2. The first-order valence-corrected chi connectivity index (χ1v) is 10.2. The van der Waals surface area contributed by atoms with Crippen LogP contribution in [0, 0.1) is 20.2 Å². The van der Waals surface area contributed by atoms with E-state index >= 15 is 0 Å². The maximum Gasteiger partial charge on any atom is 0.329 e. The molecule has 0 saturated heterocycles. The molecule has 0 spiro atoms. The molecule has 178 valence electrons. The number of ether oxygens (including phenoxy) is 1. The minimum atomic E-state index is -1.08. The predicted octanol–water partition coefficient (Wildman–Crippen LogP) is 4.69. The highest BCUT2D eigenvalue weighted by atomic mass is 35.5. The van der Waals surface area contributed by atoms with Gasteiger partial charge in [-0.25, -0.2) is 5.43 Å². The first-order chi connectivity index (χ1) is 16.6. The lowest BCUT2D eigenvalue weighted by molar-refractivity contribution is -0.394. The summed E-state index contributed by atoms with van der Waals surface area (Å²) < 4.78 is 5.50. The van der Waals surface area contributed by atoms with Gasteiger partial charge in [-0.2, -0.15) is 5.10 Å². The Kier molecular flexibility index (Phi) is 7.92. The number of hydrogen-bond acceptors (Lipinski definition) is 8. The Morgan fingerprint density at radius 2 is 1.71 bits per heavy atom. The van der Waals surface area contributed by atoms with Gasteiger partial charge in [-0.3, -0.25) is 29.8 Å². The van der Waals surface area contributed by atoms with Gasteiger partial charge in [-0.1, -0.05) is 35.3 Å². The summed E-state index contributed by atoms with van der Waals surface area (Å²) in [5.41, 5.74) is 1.56. The lowest BCUT2D eigenvalue weighted by Gasteiger charge is -2.07. The fourth-order valence-corrected chi connectivity index (χ4v) is 2.96. The van der Waals surface area contributed by atoms with Crippen LogP contribution < -0.4 is 15.5 Å². The number of hydrazone groups is 1. The zero-order chi connectivity index (χ0) is 25.5. The third kappa shape index (κ3) is 6.72. The van der Waals surface area contributed by atoms with Crippen LogP contribution in [0.4, 0.5) is 17.1 Å². The summed E-state index contributed by atoms with van der Waals surface area (Å²) in [7, 11) is 0. The molecule has 0 aliphatic heterocycles. The maximum atomic E-state index is 12.0. The summed E-state index contributed by atoms with van der Waals surface area (Å²) in [5, 5.41) is 28.6. The topological polar surface area (TPSA) is 166 Å². The Labute approximate surface area is 206 Å². The van der Waals surface area contributed by atoms with Crippen molar-refractivity contribution >= 4 is 58.3 Å². The molecule has 14 heteroatoms. The van der Waals surface area contributed by atoms with E-state index in [0.29, 0.717) is 10.6 Å². The standard InChI is InChI=1S/C21H13Cl2N5O7/c22-13-4-6-16(23)17(9-13)25-20(29)21(30)26-24-11-12-2-1-3-15(8-12)35-19-7-5-14(27(31)32)10-18(19)28(33)34/h1-11H,(H,25,29)(H,26,30)/b24-11+. The number of carbonyl (C=O) groups excluding carboxylic acids is 2. The summed E-state index contributed by atoms with van der Waals surface area (Å²) in [6.45, 7) is 0. The van der Waals surface area contributed by atoms with Gasteiger partial charge in [-0.05, 0) is 42.0 Å². The van der Waals surface area contributed by atoms with E-state index in [9.17, 15) is 29.8 Å². The highest BCUT2D eigenvalue weighted by molar-refractivity contribution is 6.42. The number of hydrogen-bond donors (Lipinski definition) is 2. The molecule has 2 N–H and O–H groups in total. The van der Waals surface area contributed by atoms with E-state index in [1.54, 1.807) is 12.1 Å². The number of non-ortho nitro benzene ring substituents is 1. The normalized spacial score (nSPS) is 10.6. The minimum Gasteiger partial charge on any atom is -0.450 e. The molecule has 0 saturated carbocycles. The largest absolute Gasteiger partial charge is 0.450 e. The Hall–Kier alpha value is -4.55. The molecule has 0 radical (unpaired) electrons. The average Bonchev–Trinajstić information content (AvgIpc) is 2.81. The van der Waals surface area contributed by atoms with Crippen molar-refractivity contribution in [3.05, 3.63) is 96.5 Å². The molecule has 0 bridgehead atoms. The second-order valence-corrected chi connectivity index (χ2v) is 7.46. The quantitative estimate of drug-likeness (QED) is 0.198. The number of nitrogens with zero attached hydrogens (tertiary/aromatic N) is 3. The van der Waals surface area contributed by atoms with Crippen LogP contribution in [-0.4, -0.2) is 27.9 Å². The van der Waals surface area contributed by atoms with Gasteiger partial charge in [-0.15, -0.1) is 0 Å². The molecular formula is C21H13Cl2N5O7. The predicted molar refractivity (Wildman–Crippen MR) is 127 cm³/mol. The molecule has 0 aliphatic carbocycles. The van der Waals surface area contributed by atoms with Crippen LogP contribution in [0.25, 0.3) is 0 Å². The number of rotatable bonds is 7. The monoisotopic (exact) mass is 517 g/mol. The van der Waals surface area contributed by atoms with Gasteiger partial charge < -0.3 is 10.1 Å². The number of carbonyl (C=O) groups is 2. The molecule has 12 nitrogen and oxygen atoms in total. The van der Waals surface area contributed by atoms with E-state index in [1.807, 2.05) is 5.43 Å². The summed E-state index contributed by atoms with van der Waals surface area (Å²) >= 11 is 11.8. The van der Waals surface area contributed by atoms with Crippen LogP contribution in [0.3, 0.4) is 0 Å². The van der Waals surface area contributed by atoms with Gasteiger partial charge in [0.05, 0.1) is 32.8 Å².